The summed E-state index contributed by atoms with van der Waals surface area (Å²) in [6, 6.07) is 8.97. The standard InChI is InChI=1S/C18H26FN3O/c1-13(2)16-10-9-14(3)11-17(16)23-18(12-19,21-22-20)15-7-5-4-6-8-15/h4-8,13-14,16-17H,9-12H2,1-3H3/t14-,16+,17-,18?/m1/s1. The van der Waals surface area contributed by atoms with E-state index in [-0.39, 0.29) is 6.10 Å². The summed E-state index contributed by atoms with van der Waals surface area (Å²) in [5, 5.41) is 3.74. The molecule has 1 aromatic carbocycles. The fraction of sp³-hybridized carbons (Fsp3) is 0.667. The van der Waals surface area contributed by atoms with Crippen molar-refractivity contribution < 1.29 is 9.13 Å². The molecule has 1 unspecified atom stereocenters. The number of benzene rings is 1. The molecule has 0 N–H and O–H groups in total. The second-order valence-corrected chi connectivity index (χ2v) is 6.96. The summed E-state index contributed by atoms with van der Waals surface area (Å²) in [6.07, 6.45) is 3.01. The van der Waals surface area contributed by atoms with Crippen LogP contribution in [0.1, 0.15) is 45.6 Å². The van der Waals surface area contributed by atoms with Gasteiger partial charge in [-0.15, -0.1) is 0 Å². The van der Waals surface area contributed by atoms with Crippen LogP contribution in [-0.4, -0.2) is 12.8 Å². The van der Waals surface area contributed by atoms with Gasteiger partial charge >= 0.3 is 0 Å². The van der Waals surface area contributed by atoms with E-state index < -0.39 is 12.4 Å². The first kappa shape index (κ1) is 17.8. The molecular formula is C18H26FN3O. The van der Waals surface area contributed by atoms with Crippen LogP contribution in [-0.2, 0) is 10.5 Å². The number of azide groups is 1. The zero-order valence-corrected chi connectivity index (χ0v) is 14.2. The van der Waals surface area contributed by atoms with Gasteiger partial charge in [-0.2, -0.15) is 0 Å². The Morgan fingerprint density at radius 2 is 2.04 bits per heavy atom. The lowest BCUT2D eigenvalue weighted by molar-refractivity contribution is -0.150. The highest BCUT2D eigenvalue weighted by atomic mass is 19.1. The van der Waals surface area contributed by atoms with Crippen molar-refractivity contribution in [2.45, 2.75) is 51.9 Å². The highest BCUT2D eigenvalue weighted by Gasteiger charge is 2.40. The molecule has 2 rings (SSSR count). The molecule has 0 aromatic heterocycles. The van der Waals surface area contributed by atoms with Crippen LogP contribution in [0.3, 0.4) is 0 Å². The zero-order valence-electron chi connectivity index (χ0n) is 14.2. The molecule has 1 fully saturated rings. The lowest BCUT2D eigenvalue weighted by Gasteiger charge is -2.41. The van der Waals surface area contributed by atoms with E-state index in [0.717, 1.165) is 19.3 Å². The normalized spacial score (nSPS) is 27.3. The van der Waals surface area contributed by atoms with E-state index in [1.54, 1.807) is 24.3 Å². The fourth-order valence-electron chi connectivity index (χ4n) is 3.56. The third-order valence-corrected chi connectivity index (χ3v) is 4.92. The van der Waals surface area contributed by atoms with E-state index in [4.69, 9.17) is 10.3 Å². The van der Waals surface area contributed by atoms with Crippen LogP contribution in [0.4, 0.5) is 4.39 Å². The molecule has 0 amide bonds. The Labute approximate surface area is 137 Å². The van der Waals surface area contributed by atoms with Gasteiger partial charge in [0.1, 0.15) is 6.67 Å². The molecule has 1 aliphatic carbocycles. The van der Waals surface area contributed by atoms with Gasteiger partial charge in [-0.1, -0.05) is 62.6 Å². The maximum atomic E-state index is 14.0. The third-order valence-electron chi connectivity index (χ3n) is 4.92. The average Bonchev–Trinajstić information content (AvgIpc) is 2.55. The zero-order chi connectivity index (χ0) is 16.9. The van der Waals surface area contributed by atoms with Gasteiger partial charge < -0.3 is 4.74 Å². The van der Waals surface area contributed by atoms with Gasteiger partial charge in [0.05, 0.1) is 6.10 Å². The van der Waals surface area contributed by atoms with Crippen molar-refractivity contribution in [2.75, 3.05) is 6.67 Å². The summed E-state index contributed by atoms with van der Waals surface area (Å²) >= 11 is 0. The van der Waals surface area contributed by atoms with Crippen molar-refractivity contribution >= 4 is 0 Å². The number of alkyl halides is 1. The molecule has 0 bridgehead atoms. The Kier molecular flexibility index (Phi) is 6.03. The van der Waals surface area contributed by atoms with Crippen molar-refractivity contribution in [2.24, 2.45) is 22.9 Å². The van der Waals surface area contributed by atoms with Crippen LogP contribution in [0.25, 0.3) is 10.4 Å². The maximum Gasteiger partial charge on any atom is 0.200 e. The van der Waals surface area contributed by atoms with Gasteiger partial charge in [0, 0.05) is 4.91 Å². The van der Waals surface area contributed by atoms with E-state index in [0.29, 0.717) is 23.3 Å². The Balaban J connectivity index is 2.34. The predicted molar refractivity (Wildman–Crippen MR) is 89.5 cm³/mol. The van der Waals surface area contributed by atoms with Gasteiger partial charge in [0.25, 0.3) is 0 Å². The van der Waals surface area contributed by atoms with Crippen LogP contribution >= 0.6 is 0 Å². The number of ether oxygens (including phenoxy) is 1. The van der Waals surface area contributed by atoms with Crippen LogP contribution in [0.2, 0.25) is 0 Å². The second kappa shape index (κ2) is 7.80. The van der Waals surface area contributed by atoms with Gasteiger partial charge in [-0.3, -0.25) is 0 Å². The molecule has 1 aromatic rings. The van der Waals surface area contributed by atoms with E-state index in [9.17, 15) is 4.39 Å². The fourth-order valence-corrected chi connectivity index (χ4v) is 3.56. The summed E-state index contributed by atoms with van der Waals surface area (Å²) in [4.78, 5) is 2.87. The number of hydrogen-bond acceptors (Lipinski definition) is 2. The summed E-state index contributed by atoms with van der Waals surface area (Å²) in [7, 11) is 0. The predicted octanol–water partition coefficient (Wildman–Crippen LogP) is 5.60. The number of hydrogen-bond donors (Lipinski definition) is 0. The first-order chi connectivity index (χ1) is 11.0. The molecule has 0 radical (unpaired) electrons. The molecule has 0 heterocycles. The summed E-state index contributed by atoms with van der Waals surface area (Å²) in [5.41, 5.74) is 7.97. The molecule has 4 nitrogen and oxygen atoms in total. The number of rotatable bonds is 6. The van der Waals surface area contributed by atoms with Gasteiger partial charge in [0.15, 0.2) is 0 Å². The average molecular weight is 319 g/mol. The summed E-state index contributed by atoms with van der Waals surface area (Å²) in [6.45, 7) is 5.67. The molecule has 5 heteroatoms. The van der Waals surface area contributed by atoms with Crippen LogP contribution in [0.15, 0.2) is 35.4 Å². The van der Waals surface area contributed by atoms with E-state index in [1.165, 1.54) is 0 Å². The Morgan fingerprint density at radius 3 is 2.61 bits per heavy atom. The van der Waals surface area contributed by atoms with Crippen LogP contribution < -0.4 is 0 Å². The lowest BCUT2D eigenvalue weighted by Crippen LogP contribution is -2.42. The van der Waals surface area contributed by atoms with Crippen molar-refractivity contribution in [3.63, 3.8) is 0 Å². The molecule has 126 valence electrons. The van der Waals surface area contributed by atoms with Gasteiger partial charge in [0.2, 0.25) is 5.72 Å². The van der Waals surface area contributed by atoms with Crippen LogP contribution in [0, 0.1) is 17.8 Å². The molecule has 1 aliphatic rings. The smallest absolute Gasteiger partial charge is 0.200 e. The highest BCUT2D eigenvalue weighted by molar-refractivity contribution is 5.22. The SMILES string of the molecule is CC(C)[C@@H]1CC[C@@H](C)C[C@H]1OC(CF)(N=[N+]=[N-])c1ccccc1. The van der Waals surface area contributed by atoms with Gasteiger partial charge in [-0.05, 0) is 41.7 Å². The molecule has 23 heavy (non-hydrogen) atoms. The van der Waals surface area contributed by atoms with E-state index in [1.807, 2.05) is 6.07 Å². The maximum absolute atomic E-state index is 14.0. The topological polar surface area (TPSA) is 58.0 Å². The van der Waals surface area contributed by atoms with Crippen molar-refractivity contribution in [3.8, 4) is 0 Å². The highest BCUT2D eigenvalue weighted by Crippen LogP contribution is 2.40. The number of halogens is 1. The molecule has 0 aliphatic heterocycles. The minimum Gasteiger partial charge on any atom is -0.358 e. The molecule has 4 atom stereocenters. The second-order valence-electron chi connectivity index (χ2n) is 6.96. The monoisotopic (exact) mass is 319 g/mol. The first-order valence-corrected chi connectivity index (χ1v) is 8.38. The first-order valence-electron chi connectivity index (χ1n) is 8.38. The van der Waals surface area contributed by atoms with Gasteiger partial charge in [-0.25, -0.2) is 4.39 Å². The molecule has 0 saturated heterocycles. The Morgan fingerprint density at radius 1 is 1.35 bits per heavy atom. The van der Waals surface area contributed by atoms with Crippen molar-refractivity contribution in [1.82, 2.24) is 0 Å². The molecule has 0 spiro atoms. The quantitative estimate of drug-likeness (QED) is 0.382. The summed E-state index contributed by atoms with van der Waals surface area (Å²) < 4.78 is 20.2. The van der Waals surface area contributed by atoms with E-state index >= 15 is 0 Å². The van der Waals surface area contributed by atoms with Crippen molar-refractivity contribution in [3.05, 3.63) is 46.3 Å². The minimum absolute atomic E-state index is 0.0970. The molecule has 1 saturated carbocycles. The summed E-state index contributed by atoms with van der Waals surface area (Å²) in [5.74, 6) is 1.34. The third kappa shape index (κ3) is 4.04. The van der Waals surface area contributed by atoms with Crippen molar-refractivity contribution in [1.29, 1.82) is 0 Å². The minimum atomic E-state index is -1.56. The Bertz CT molecular complexity index is 544. The Hall–Kier alpha value is -1.58. The molecular weight excluding hydrogens is 293 g/mol. The lowest BCUT2D eigenvalue weighted by atomic mass is 9.75. The number of nitrogens with zero attached hydrogens (tertiary/aromatic N) is 3. The largest absolute Gasteiger partial charge is 0.358 e. The van der Waals surface area contributed by atoms with E-state index in [2.05, 4.69) is 30.8 Å². The van der Waals surface area contributed by atoms with Crippen LogP contribution in [0.5, 0.6) is 0 Å².